The lowest BCUT2D eigenvalue weighted by molar-refractivity contribution is 0.110. The van der Waals surface area contributed by atoms with Crippen molar-refractivity contribution in [1.82, 2.24) is 15.3 Å². The van der Waals surface area contributed by atoms with Crippen LogP contribution in [0, 0.1) is 0 Å². The van der Waals surface area contributed by atoms with Crippen molar-refractivity contribution >= 4 is 5.95 Å². The van der Waals surface area contributed by atoms with Crippen LogP contribution in [0.15, 0.2) is 12.4 Å². The average Bonchev–Trinajstić information content (AvgIpc) is 2.85. The zero-order valence-electron chi connectivity index (χ0n) is 10.3. The lowest BCUT2D eigenvalue weighted by atomic mass is 10.2. The number of hydrogen-bond donors (Lipinski definition) is 2. The monoisotopic (exact) mass is 236 g/mol. The van der Waals surface area contributed by atoms with Crippen LogP contribution in [-0.2, 0) is 11.3 Å². The molecule has 0 spiro atoms. The standard InChI is InChI=1S/C12H20N4O/c1-2-14-12-15-7-10(8-16-12)6-13-9-11-4-3-5-17-11/h7-8,11,13H,2-6,9H2,1H3,(H,14,15,16)/t11-/m0/s1. The molecule has 1 aromatic rings. The van der Waals surface area contributed by atoms with Gasteiger partial charge >= 0.3 is 0 Å². The van der Waals surface area contributed by atoms with E-state index in [1.165, 1.54) is 12.8 Å². The van der Waals surface area contributed by atoms with Gasteiger partial charge in [-0.3, -0.25) is 0 Å². The van der Waals surface area contributed by atoms with E-state index in [2.05, 4.69) is 20.6 Å². The minimum absolute atomic E-state index is 0.386. The van der Waals surface area contributed by atoms with Crippen LogP contribution in [0.3, 0.4) is 0 Å². The highest BCUT2D eigenvalue weighted by atomic mass is 16.5. The van der Waals surface area contributed by atoms with Gasteiger partial charge in [0.15, 0.2) is 0 Å². The van der Waals surface area contributed by atoms with Gasteiger partial charge in [-0.1, -0.05) is 0 Å². The Morgan fingerprint density at radius 3 is 2.88 bits per heavy atom. The van der Waals surface area contributed by atoms with Crippen LogP contribution in [0.2, 0.25) is 0 Å². The molecule has 0 saturated carbocycles. The van der Waals surface area contributed by atoms with Gasteiger partial charge in [0.1, 0.15) is 0 Å². The highest BCUT2D eigenvalue weighted by Crippen LogP contribution is 2.10. The molecule has 1 aliphatic heterocycles. The molecule has 2 heterocycles. The fraction of sp³-hybridized carbons (Fsp3) is 0.667. The number of rotatable bonds is 6. The van der Waals surface area contributed by atoms with Gasteiger partial charge in [0.25, 0.3) is 0 Å². The number of aromatic nitrogens is 2. The molecule has 17 heavy (non-hydrogen) atoms. The fourth-order valence-electron chi connectivity index (χ4n) is 1.88. The Kier molecular flexibility index (Phi) is 4.70. The number of ether oxygens (including phenoxy) is 1. The molecule has 0 amide bonds. The van der Waals surface area contributed by atoms with Crippen molar-refractivity contribution in [2.24, 2.45) is 0 Å². The maximum Gasteiger partial charge on any atom is 0.222 e. The largest absolute Gasteiger partial charge is 0.377 e. The highest BCUT2D eigenvalue weighted by Gasteiger charge is 2.14. The van der Waals surface area contributed by atoms with E-state index in [-0.39, 0.29) is 0 Å². The minimum Gasteiger partial charge on any atom is -0.377 e. The molecule has 2 rings (SSSR count). The SMILES string of the molecule is CCNc1ncc(CNC[C@@H]2CCCO2)cn1. The van der Waals surface area contributed by atoms with E-state index in [4.69, 9.17) is 4.74 Å². The fourth-order valence-corrected chi connectivity index (χ4v) is 1.88. The number of hydrogen-bond acceptors (Lipinski definition) is 5. The Hall–Kier alpha value is -1.20. The molecular weight excluding hydrogens is 216 g/mol. The molecule has 94 valence electrons. The summed E-state index contributed by atoms with van der Waals surface area (Å²) in [4.78, 5) is 8.45. The molecule has 1 saturated heterocycles. The summed E-state index contributed by atoms with van der Waals surface area (Å²) in [6.45, 7) is 5.49. The van der Waals surface area contributed by atoms with Crippen LogP contribution in [0.5, 0.6) is 0 Å². The van der Waals surface area contributed by atoms with Gasteiger partial charge in [-0.25, -0.2) is 9.97 Å². The molecule has 5 heteroatoms. The highest BCUT2D eigenvalue weighted by molar-refractivity contribution is 5.24. The average molecular weight is 236 g/mol. The molecule has 1 fully saturated rings. The summed E-state index contributed by atoms with van der Waals surface area (Å²) in [5.41, 5.74) is 1.10. The Morgan fingerprint density at radius 2 is 2.24 bits per heavy atom. The third-order valence-electron chi connectivity index (χ3n) is 2.77. The van der Waals surface area contributed by atoms with Gasteiger partial charge in [-0.2, -0.15) is 0 Å². The predicted molar refractivity (Wildman–Crippen MR) is 66.9 cm³/mol. The predicted octanol–water partition coefficient (Wildman–Crippen LogP) is 1.18. The zero-order valence-corrected chi connectivity index (χ0v) is 10.3. The first-order valence-electron chi connectivity index (χ1n) is 6.25. The van der Waals surface area contributed by atoms with Crippen molar-refractivity contribution in [3.8, 4) is 0 Å². The summed E-state index contributed by atoms with van der Waals surface area (Å²) in [7, 11) is 0. The molecule has 0 radical (unpaired) electrons. The summed E-state index contributed by atoms with van der Waals surface area (Å²) in [5.74, 6) is 0.690. The summed E-state index contributed by atoms with van der Waals surface area (Å²) in [5, 5.41) is 6.44. The molecule has 0 unspecified atom stereocenters. The van der Waals surface area contributed by atoms with Gasteiger partial charge in [-0.15, -0.1) is 0 Å². The summed E-state index contributed by atoms with van der Waals surface area (Å²) < 4.78 is 5.54. The van der Waals surface area contributed by atoms with E-state index < -0.39 is 0 Å². The molecule has 5 nitrogen and oxygen atoms in total. The van der Waals surface area contributed by atoms with Crippen molar-refractivity contribution in [3.63, 3.8) is 0 Å². The zero-order chi connectivity index (χ0) is 11.9. The van der Waals surface area contributed by atoms with E-state index in [9.17, 15) is 0 Å². The van der Waals surface area contributed by atoms with Crippen LogP contribution >= 0.6 is 0 Å². The van der Waals surface area contributed by atoms with Crippen molar-refractivity contribution in [3.05, 3.63) is 18.0 Å². The van der Waals surface area contributed by atoms with Crippen LogP contribution < -0.4 is 10.6 Å². The molecule has 2 N–H and O–H groups in total. The second-order valence-corrected chi connectivity index (χ2v) is 4.21. The van der Waals surface area contributed by atoms with Crippen molar-refractivity contribution in [1.29, 1.82) is 0 Å². The smallest absolute Gasteiger partial charge is 0.222 e. The van der Waals surface area contributed by atoms with Gasteiger partial charge in [0.05, 0.1) is 6.10 Å². The quantitative estimate of drug-likeness (QED) is 0.776. The summed E-state index contributed by atoms with van der Waals surface area (Å²) in [6, 6.07) is 0. The first-order chi connectivity index (χ1) is 8.38. The maximum atomic E-state index is 5.54. The Morgan fingerprint density at radius 1 is 1.41 bits per heavy atom. The first kappa shape index (κ1) is 12.3. The summed E-state index contributed by atoms with van der Waals surface area (Å²) in [6.07, 6.45) is 6.45. The third-order valence-corrected chi connectivity index (χ3v) is 2.77. The second kappa shape index (κ2) is 6.51. The number of nitrogens with zero attached hydrogens (tertiary/aromatic N) is 2. The van der Waals surface area contributed by atoms with Crippen molar-refractivity contribution < 1.29 is 4.74 Å². The van der Waals surface area contributed by atoms with Crippen molar-refractivity contribution in [2.45, 2.75) is 32.4 Å². The van der Waals surface area contributed by atoms with Gasteiger partial charge in [0.2, 0.25) is 5.95 Å². The first-order valence-corrected chi connectivity index (χ1v) is 6.25. The third kappa shape index (κ3) is 3.94. The molecule has 0 aromatic carbocycles. The Labute approximate surface area is 102 Å². The van der Waals surface area contributed by atoms with Gasteiger partial charge in [-0.05, 0) is 19.8 Å². The van der Waals surface area contributed by atoms with Crippen LogP contribution in [0.4, 0.5) is 5.95 Å². The number of nitrogens with one attached hydrogen (secondary N) is 2. The molecule has 1 aliphatic rings. The lowest BCUT2D eigenvalue weighted by Gasteiger charge is -2.10. The molecular formula is C12H20N4O. The Balaban J connectivity index is 1.70. The van der Waals surface area contributed by atoms with E-state index in [1.54, 1.807) is 0 Å². The summed E-state index contributed by atoms with van der Waals surface area (Å²) >= 11 is 0. The van der Waals surface area contributed by atoms with Crippen molar-refractivity contribution in [2.75, 3.05) is 25.0 Å². The molecule has 0 bridgehead atoms. The van der Waals surface area contributed by atoms with Gasteiger partial charge in [0, 0.05) is 44.2 Å². The van der Waals surface area contributed by atoms with E-state index >= 15 is 0 Å². The molecule has 0 aliphatic carbocycles. The Bertz CT molecular complexity index is 322. The minimum atomic E-state index is 0.386. The van der Waals surface area contributed by atoms with E-state index in [0.717, 1.165) is 31.8 Å². The number of anilines is 1. The molecule has 1 atom stereocenters. The molecule has 1 aromatic heterocycles. The van der Waals surface area contributed by atoms with E-state index in [0.29, 0.717) is 12.1 Å². The van der Waals surface area contributed by atoms with Crippen LogP contribution in [0.1, 0.15) is 25.3 Å². The van der Waals surface area contributed by atoms with Crippen LogP contribution in [0.25, 0.3) is 0 Å². The lowest BCUT2D eigenvalue weighted by Crippen LogP contribution is -2.25. The normalized spacial score (nSPS) is 19.5. The van der Waals surface area contributed by atoms with Crippen LogP contribution in [-0.4, -0.2) is 35.8 Å². The maximum absolute atomic E-state index is 5.54. The van der Waals surface area contributed by atoms with Gasteiger partial charge < -0.3 is 15.4 Å². The topological polar surface area (TPSA) is 59.1 Å². The van der Waals surface area contributed by atoms with E-state index in [1.807, 2.05) is 19.3 Å². The second-order valence-electron chi connectivity index (χ2n) is 4.21.